The number of likely N-dealkylation sites (N-methyl/N-ethyl adjacent to an activating group) is 1. The van der Waals surface area contributed by atoms with E-state index in [0.717, 1.165) is 8.66 Å². The monoisotopic (exact) mass is 364 g/mol. The molecule has 5 nitrogen and oxygen atoms in total. The van der Waals surface area contributed by atoms with Crippen molar-refractivity contribution in [3.63, 3.8) is 0 Å². The largest absolute Gasteiger partial charge is 0.395 e. The molecule has 0 aliphatic carbocycles. The van der Waals surface area contributed by atoms with Crippen molar-refractivity contribution in [2.24, 2.45) is 0 Å². The first-order valence-electron chi connectivity index (χ1n) is 6.56. The molecule has 0 bridgehead atoms. The van der Waals surface area contributed by atoms with Gasteiger partial charge in [-0.15, -0.1) is 11.3 Å². The van der Waals surface area contributed by atoms with Gasteiger partial charge in [0.2, 0.25) is 5.91 Å². The summed E-state index contributed by atoms with van der Waals surface area (Å²) in [4.78, 5) is 16.9. The molecule has 1 heterocycles. The molecule has 20 heavy (non-hydrogen) atoms. The van der Waals surface area contributed by atoms with Crippen LogP contribution in [-0.4, -0.2) is 65.3 Å². The van der Waals surface area contributed by atoms with Crippen molar-refractivity contribution >= 4 is 33.2 Å². The van der Waals surface area contributed by atoms with Crippen molar-refractivity contribution < 1.29 is 15.0 Å². The Bertz CT molecular complexity index is 408. The Balaban J connectivity index is 2.56. The Kier molecular flexibility index (Phi) is 8.32. The molecule has 2 N–H and O–H groups in total. The highest BCUT2D eigenvalue weighted by molar-refractivity contribution is 9.11. The van der Waals surface area contributed by atoms with Gasteiger partial charge in [0.05, 0.1) is 30.1 Å². The molecule has 1 amide bonds. The lowest BCUT2D eigenvalue weighted by atomic mass is 10.3. The average molecular weight is 365 g/mol. The van der Waals surface area contributed by atoms with Gasteiger partial charge in [-0.05, 0) is 35.0 Å². The minimum absolute atomic E-state index is 0.0129. The van der Waals surface area contributed by atoms with Crippen molar-refractivity contribution in [3.05, 3.63) is 20.8 Å². The molecule has 1 rings (SSSR count). The zero-order chi connectivity index (χ0) is 15.0. The van der Waals surface area contributed by atoms with Gasteiger partial charge in [0, 0.05) is 24.5 Å². The number of hydrogen-bond donors (Lipinski definition) is 2. The van der Waals surface area contributed by atoms with Gasteiger partial charge in [-0.2, -0.15) is 0 Å². The molecular weight excluding hydrogens is 344 g/mol. The number of carbonyl (C=O) groups excluding carboxylic acids is 1. The summed E-state index contributed by atoms with van der Waals surface area (Å²) in [5, 5.41) is 17.9. The van der Waals surface area contributed by atoms with Crippen molar-refractivity contribution in [3.8, 4) is 0 Å². The molecule has 0 aliphatic rings. The highest BCUT2D eigenvalue weighted by atomic mass is 79.9. The summed E-state index contributed by atoms with van der Waals surface area (Å²) in [7, 11) is 0. The SMILES string of the molecule is CCN(Cc1ccc(Br)s1)C(=O)CN(CCO)CCO. The Morgan fingerprint density at radius 2 is 1.95 bits per heavy atom. The van der Waals surface area contributed by atoms with E-state index < -0.39 is 0 Å². The molecule has 0 spiro atoms. The lowest BCUT2D eigenvalue weighted by Crippen LogP contribution is -2.42. The van der Waals surface area contributed by atoms with Crippen LogP contribution in [0.2, 0.25) is 0 Å². The van der Waals surface area contributed by atoms with E-state index in [2.05, 4.69) is 15.9 Å². The number of halogens is 1. The first kappa shape index (κ1) is 17.6. The van der Waals surface area contributed by atoms with Crippen LogP contribution in [0, 0.1) is 0 Å². The second-order valence-corrected chi connectivity index (χ2v) is 6.88. The van der Waals surface area contributed by atoms with E-state index in [1.165, 1.54) is 0 Å². The maximum atomic E-state index is 12.3. The van der Waals surface area contributed by atoms with Crippen LogP contribution in [0.1, 0.15) is 11.8 Å². The molecule has 0 aliphatic heterocycles. The number of thiophene rings is 1. The molecule has 0 unspecified atom stereocenters. The van der Waals surface area contributed by atoms with Crippen LogP contribution in [0.4, 0.5) is 0 Å². The standard InChI is InChI=1S/C13H21BrN2O3S/c1-2-16(9-11-3-4-12(14)20-11)13(19)10-15(5-7-17)6-8-18/h3-4,17-18H,2,5-10H2,1H3. The van der Waals surface area contributed by atoms with Crippen LogP contribution in [0.15, 0.2) is 15.9 Å². The molecule has 0 atom stereocenters. The van der Waals surface area contributed by atoms with E-state index in [0.29, 0.717) is 26.2 Å². The van der Waals surface area contributed by atoms with Gasteiger partial charge in [0.25, 0.3) is 0 Å². The average Bonchev–Trinajstić information content (AvgIpc) is 2.82. The summed E-state index contributed by atoms with van der Waals surface area (Å²) in [5.41, 5.74) is 0. The third kappa shape index (κ3) is 5.88. The highest BCUT2D eigenvalue weighted by Crippen LogP contribution is 2.23. The minimum atomic E-state index is -0.0166. The number of nitrogens with zero attached hydrogens (tertiary/aromatic N) is 2. The van der Waals surface area contributed by atoms with E-state index in [1.54, 1.807) is 21.1 Å². The van der Waals surface area contributed by atoms with Crippen LogP contribution in [0.3, 0.4) is 0 Å². The van der Waals surface area contributed by atoms with Gasteiger partial charge in [0.1, 0.15) is 0 Å². The van der Waals surface area contributed by atoms with Gasteiger partial charge >= 0.3 is 0 Å². The zero-order valence-electron chi connectivity index (χ0n) is 11.6. The molecule has 1 aromatic rings. The minimum Gasteiger partial charge on any atom is -0.395 e. The van der Waals surface area contributed by atoms with Crippen LogP contribution < -0.4 is 0 Å². The summed E-state index contributed by atoms with van der Waals surface area (Å²) in [6, 6.07) is 3.98. The first-order chi connectivity index (χ1) is 9.60. The first-order valence-corrected chi connectivity index (χ1v) is 8.17. The van der Waals surface area contributed by atoms with Gasteiger partial charge in [-0.3, -0.25) is 9.69 Å². The summed E-state index contributed by atoms with van der Waals surface area (Å²) in [5.74, 6) is 0.0129. The summed E-state index contributed by atoms with van der Waals surface area (Å²) in [6.45, 7) is 4.17. The van der Waals surface area contributed by atoms with E-state index in [4.69, 9.17) is 10.2 Å². The number of aliphatic hydroxyl groups excluding tert-OH is 2. The van der Waals surface area contributed by atoms with E-state index in [9.17, 15) is 4.79 Å². The Hall–Kier alpha value is -0.470. The zero-order valence-corrected chi connectivity index (χ0v) is 14.0. The molecule has 0 radical (unpaired) electrons. The van der Waals surface area contributed by atoms with Gasteiger partial charge in [-0.1, -0.05) is 0 Å². The number of rotatable bonds is 9. The Morgan fingerprint density at radius 3 is 2.40 bits per heavy atom. The van der Waals surface area contributed by atoms with Gasteiger partial charge in [0.15, 0.2) is 0 Å². The number of aliphatic hydroxyl groups is 2. The maximum Gasteiger partial charge on any atom is 0.237 e. The third-order valence-electron chi connectivity index (χ3n) is 2.90. The smallest absolute Gasteiger partial charge is 0.237 e. The lowest BCUT2D eigenvalue weighted by Gasteiger charge is -2.25. The van der Waals surface area contributed by atoms with Crippen LogP contribution in [0.25, 0.3) is 0 Å². The third-order valence-corrected chi connectivity index (χ3v) is 4.51. The second kappa shape index (κ2) is 9.46. The van der Waals surface area contributed by atoms with Gasteiger partial charge < -0.3 is 15.1 Å². The van der Waals surface area contributed by atoms with Crippen LogP contribution in [-0.2, 0) is 11.3 Å². The molecule has 1 aromatic heterocycles. The maximum absolute atomic E-state index is 12.3. The molecule has 0 saturated heterocycles. The lowest BCUT2D eigenvalue weighted by molar-refractivity contribution is -0.133. The molecular formula is C13H21BrN2O3S. The van der Waals surface area contributed by atoms with Crippen LogP contribution in [0.5, 0.6) is 0 Å². The summed E-state index contributed by atoms with van der Waals surface area (Å²) in [6.07, 6.45) is 0. The van der Waals surface area contributed by atoms with E-state index in [-0.39, 0.29) is 25.7 Å². The Labute approximate surface area is 131 Å². The fraction of sp³-hybridized carbons (Fsp3) is 0.615. The van der Waals surface area contributed by atoms with Crippen LogP contribution >= 0.6 is 27.3 Å². The van der Waals surface area contributed by atoms with Gasteiger partial charge in [-0.25, -0.2) is 0 Å². The Morgan fingerprint density at radius 1 is 1.30 bits per heavy atom. The molecule has 0 saturated carbocycles. The predicted molar refractivity (Wildman–Crippen MR) is 83.7 cm³/mol. The highest BCUT2D eigenvalue weighted by Gasteiger charge is 2.16. The van der Waals surface area contributed by atoms with Crippen molar-refractivity contribution in [1.82, 2.24) is 9.80 Å². The molecule has 0 fully saturated rings. The second-order valence-electron chi connectivity index (χ2n) is 4.34. The fourth-order valence-corrected chi connectivity index (χ4v) is 3.34. The number of amides is 1. The number of hydrogen-bond acceptors (Lipinski definition) is 5. The quantitative estimate of drug-likeness (QED) is 0.689. The number of carbonyl (C=O) groups is 1. The van der Waals surface area contributed by atoms with E-state index >= 15 is 0 Å². The van der Waals surface area contributed by atoms with Crippen molar-refractivity contribution in [1.29, 1.82) is 0 Å². The topological polar surface area (TPSA) is 64.0 Å². The molecule has 114 valence electrons. The van der Waals surface area contributed by atoms with E-state index in [1.807, 2.05) is 19.1 Å². The van der Waals surface area contributed by atoms with Crippen molar-refractivity contribution in [2.75, 3.05) is 39.4 Å². The molecule has 7 heteroatoms. The fourth-order valence-electron chi connectivity index (χ4n) is 1.85. The summed E-state index contributed by atoms with van der Waals surface area (Å²) < 4.78 is 1.05. The normalized spacial score (nSPS) is 11.1. The summed E-state index contributed by atoms with van der Waals surface area (Å²) >= 11 is 5.03. The van der Waals surface area contributed by atoms with Crippen molar-refractivity contribution in [2.45, 2.75) is 13.5 Å². The predicted octanol–water partition coefficient (Wildman–Crippen LogP) is 1.15. The molecule has 0 aromatic carbocycles.